The van der Waals surface area contributed by atoms with Crippen molar-refractivity contribution >= 4 is 22.6 Å². The lowest BCUT2D eigenvalue weighted by Crippen LogP contribution is -2.47. The van der Waals surface area contributed by atoms with E-state index in [1.165, 1.54) is 20.3 Å². The number of aromatic nitrogens is 4. The second kappa shape index (κ2) is 32.5. The minimum atomic E-state index is 0.0774. The SMILES string of the molecule is N#CC1CN(C[C@@H](Cc2ncnc(OCc3ccccc3)c2OCc2ccccc2)c2ccc(C#Cc3ccc(CN4CCOCC4)cc3)cc2)C1.N#CC1CN(C[C@@H](Cc2ncnc(OCc3ccccc3)c2OCc2ccccc2)c2ccc(I)cc2)C1. The molecule has 3 saturated heterocycles. The van der Waals surface area contributed by atoms with E-state index in [1.54, 1.807) is 12.7 Å². The maximum absolute atomic E-state index is 9.44. The summed E-state index contributed by atoms with van der Waals surface area (Å²) in [6, 6.07) is 70.7. The van der Waals surface area contributed by atoms with Crippen molar-refractivity contribution in [3.63, 3.8) is 0 Å². The molecule has 2 aromatic heterocycles. The fourth-order valence-electron chi connectivity index (χ4n) is 11.2. The summed E-state index contributed by atoms with van der Waals surface area (Å²) in [6.45, 7) is 10.8. The standard InChI is InChI=1S/C44H43N5O3.C31H29IN4O2/c45-26-39-28-49(29-39)30-41(40-19-17-35(18-20-40)12-11-34-13-15-36(16-14-34)27-48-21-23-50-24-22-48)25-42-43(51-31-37-7-3-1-4-8-37)44(47-33-46-42)52-32-38-9-5-2-6-10-38;32-28-13-11-26(12-14-28)27(19-36-17-25(16-33)18-36)15-29-30(37-20-23-7-3-1-4-8-23)31(35-22-34-29)38-21-24-9-5-2-6-10-24/h1-10,13-20,33,39,41H,21-25,27-32H2;1-14,22,25,27H,15,17-21H2/t41-;27-/m11/s1. The molecule has 3 aliphatic rings. The highest BCUT2D eigenvalue weighted by atomic mass is 127. The van der Waals surface area contributed by atoms with Gasteiger partial charge < -0.3 is 33.5 Å². The van der Waals surface area contributed by atoms with Crippen LogP contribution in [0.2, 0.25) is 0 Å². The molecule has 0 amide bonds. The first-order chi connectivity index (χ1) is 44.4. The molecule has 12 rings (SSSR count). The third kappa shape index (κ3) is 18.3. The number of hydrogen-bond acceptors (Lipinski definition) is 14. The minimum absolute atomic E-state index is 0.0774. The van der Waals surface area contributed by atoms with E-state index < -0.39 is 0 Å². The Morgan fingerprint density at radius 2 is 0.822 bits per heavy atom. The fraction of sp³-hybridized carbons (Fsp3) is 0.280. The predicted molar refractivity (Wildman–Crippen MR) is 355 cm³/mol. The van der Waals surface area contributed by atoms with Gasteiger partial charge in [-0.25, -0.2) is 9.97 Å². The molecule has 0 radical (unpaired) electrons. The van der Waals surface area contributed by atoms with Gasteiger partial charge >= 0.3 is 0 Å². The summed E-state index contributed by atoms with van der Waals surface area (Å²) in [6.07, 6.45) is 4.41. The van der Waals surface area contributed by atoms with Crippen molar-refractivity contribution in [2.45, 2.75) is 57.6 Å². The molecule has 2 atom stereocenters. The highest BCUT2D eigenvalue weighted by Crippen LogP contribution is 2.36. The van der Waals surface area contributed by atoms with Crippen LogP contribution in [0.15, 0.2) is 207 Å². The summed E-state index contributed by atoms with van der Waals surface area (Å²) in [7, 11) is 0. The lowest BCUT2D eigenvalue weighted by molar-refractivity contribution is 0.0342. The first-order valence-electron chi connectivity index (χ1n) is 30.7. The van der Waals surface area contributed by atoms with Crippen molar-refractivity contribution < 1.29 is 23.7 Å². The molecule has 0 bridgehead atoms. The highest BCUT2D eigenvalue weighted by molar-refractivity contribution is 14.1. The molecule has 0 spiro atoms. The number of ether oxygens (including phenoxy) is 5. The lowest BCUT2D eigenvalue weighted by atomic mass is 9.90. The summed E-state index contributed by atoms with van der Waals surface area (Å²) in [5, 5.41) is 18.7. The van der Waals surface area contributed by atoms with Crippen molar-refractivity contribution in [2.24, 2.45) is 11.8 Å². The molecule has 14 nitrogen and oxygen atoms in total. The monoisotopic (exact) mass is 1310 g/mol. The van der Waals surface area contributed by atoms with Crippen LogP contribution < -0.4 is 18.9 Å². The summed E-state index contributed by atoms with van der Waals surface area (Å²) in [5.74, 6) is 9.18. The molecule has 3 aliphatic heterocycles. The number of rotatable bonds is 24. The molecular weight excluding hydrogens is 1230 g/mol. The molecule has 0 unspecified atom stereocenters. The zero-order valence-electron chi connectivity index (χ0n) is 50.4. The Hall–Kier alpha value is -8.99. The van der Waals surface area contributed by atoms with Crippen molar-refractivity contribution in [1.29, 1.82) is 10.5 Å². The summed E-state index contributed by atoms with van der Waals surface area (Å²) in [4.78, 5) is 25.5. The molecule has 15 heteroatoms. The normalized spacial score (nSPS) is 15.0. The number of hydrogen-bond donors (Lipinski definition) is 0. The van der Waals surface area contributed by atoms with Crippen LogP contribution in [0.3, 0.4) is 0 Å². The van der Waals surface area contributed by atoms with Crippen molar-refractivity contribution in [2.75, 3.05) is 65.6 Å². The second-order valence-corrected chi connectivity index (χ2v) is 24.2. The molecule has 0 saturated carbocycles. The Morgan fingerprint density at radius 1 is 0.444 bits per heavy atom. The maximum atomic E-state index is 9.44. The average molecular weight is 1310 g/mol. The molecule has 7 aromatic carbocycles. The van der Waals surface area contributed by atoms with E-state index in [9.17, 15) is 10.5 Å². The van der Waals surface area contributed by atoms with E-state index >= 15 is 0 Å². The third-order valence-corrected chi connectivity index (χ3v) is 17.0. The van der Waals surface area contributed by atoms with Gasteiger partial charge in [0.05, 0.1) is 48.6 Å². The third-order valence-electron chi connectivity index (χ3n) is 16.2. The lowest BCUT2D eigenvalue weighted by Gasteiger charge is -2.38. The molecule has 0 aliphatic carbocycles. The van der Waals surface area contributed by atoms with Gasteiger partial charge in [-0.1, -0.05) is 170 Å². The van der Waals surface area contributed by atoms with Crippen LogP contribution in [0.25, 0.3) is 0 Å². The minimum Gasteiger partial charge on any atom is -0.482 e. The van der Waals surface area contributed by atoms with Crippen LogP contribution in [0, 0.1) is 49.9 Å². The Balaban J connectivity index is 0.000000195. The Labute approximate surface area is 542 Å². The molecular formula is C75H72IN9O5. The van der Waals surface area contributed by atoms with Crippen LogP contribution >= 0.6 is 22.6 Å². The second-order valence-electron chi connectivity index (χ2n) is 22.9. The zero-order valence-corrected chi connectivity index (χ0v) is 52.6. The van der Waals surface area contributed by atoms with Crippen molar-refractivity contribution in [3.05, 3.63) is 272 Å². The van der Waals surface area contributed by atoms with Gasteiger partial charge in [0.2, 0.25) is 11.5 Å². The summed E-state index contributed by atoms with van der Waals surface area (Å²) in [5.41, 5.74) is 11.5. The Morgan fingerprint density at radius 3 is 1.22 bits per heavy atom. The van der Waals surface area contributed by atoms with Crippen molar-refractivity contribution in [1.82, 2.24) is 34.6 Å². The van der Waals surface area contributed by atoms with Crippen LogP contribution in [-0.4, -0.2) is 100 Å². The van der Waals surface area contributed by atoms with Gasteiger partial charge in [-0.05, 0) is 97.9 Å². The number of benzene rings is 7. The van der Waals surface area contributed by atoms with E-state index in [4.69, 9.17) is 28.7 Å². The van der Waals surface area contributed by atoms with E-state index in [1.807, 2.05) is 121 Å². The average Bonchev–Trinajstić information content (AvgIpc) is 3.75. The predicted octanol–water partition coefficient (Wildman–Crippen LogP) is 12.7. The van der Waals surface area contributed by atoms with Gasteiger partial charge in [-0.2, -0.15) is 20.5 Å². The summed E-state index contributed by atoms with van der Waals surface area (Å²) >= 11 is 2.33. The Kier molecular flexibility index (Phi) is 22.6. The highest BCUT2D eigenvalue weighted by Gasteiger charge is 2.32. The molecule has 454 valence electrons. The topological polar surface area (TPSA) is 155 Å². The van der Waals surface area contributed by atoms with E-state index in [2.05, 4.69) is 149 Å². The van der Waals surface area contributed by atoms with Crippen LogP contribution in [0.5, 0.6) is 23.3 Å². The molecule has 3 fully saturated rings. The summed E-state index contributed by atoms with van der Waals surface area (Å²) < 4.78 is 31.9. The smallest absolute Gasteiger partial charge is 0.260 e. The van der Waals surface area contributed by atoms with Gasteiger partial charge in [0, 0.05) is 98.3 Å². The zero-order chi connectivity index (χ0) is 61.5. The van der Waals surface area contributed by atoms with Gasteiger partial charge in [-0.3, -0.25) is 4.90 Å². The largest absolute Gasteiger partial charge is 0.482 e. The quantitative estimate of drug-likeness (QED) is 0.0416. The molecule has 5 heterocycles. The van der Waals surface area contributed by atoms with Gasteiger partial charge in [0.1, 0.15) is 39.1 Å². The molecule has 9 aromatic rings. The maximum Gasteiger partial charge on any atom is 0.260 e. The number of halogens is 1. The van der Waals surface area contributed by atoms with Crippen LogP contribution in [0.1, 0.15) is 73.3 Å². The number of likely N-dealkylation sites (tertiary alicyclic amines) is 2. The molecule has 0 N–H and O–H groups in total. The molecule has 90 heavy (non-hydrogen) atoms. The first kappa shape index (κ1) is 62.6. The van der Waals surface area contributed by atoms with Gasteiger partial charge in [0.25, 0.3) is 11.8 Å². The van der Waals surface area contributed by atoms with Gasteiger partial charge in [0.15, 0.2) is 0 Å². The first-order valence-corrected chi connectivity index (χ1v) is 31.8. The Bertz CT molecular complexity index is 3830. The van der Waals surface area contributed by atoms with Crippen LogP contribution in [0.4, 0.5) is 0 Å². The number of nitriles is 2. The van der Waals surface area contributed by atoms with E-state index in [-0.39, 0.29) is 23.7 Å². The van der Waals surface area contributed by atoms with E-state index in [0.717, 1.165) is 117 Å². The van der Waals surface area contributed by atoms with E-state index in [0.29, 0.717) is 62.5 Å². The van der Waals surface area contributed by atoms with Crippen LogP contribution in [-0.2, 0) is 50.6 Å². The van der Waals surface area contributed by atoms with Crippen molar-refractivity contribution in [3.8, 4) is 47.2 Å². The number of nitrogens with zero attached hydrogens (tertiary/aromatic N) is 9. The van der Waals surface area contributed by atoms with Gasteiger partial charge in [-0.15, -0.1) is 0 Å². The number of morpholine rings is 1. The fourth-order valence-corrected chi connectivity index (χ4v) is 11.5.